The van der Waals surface area contributed by atoms with Crippen LogP contribution in [0.1, 0.15) is 25.3 Å². The normalized spacial score (nSPS) is 24.1. The molecule has 1 fully saturated rings. The van der Waals surface area contributed by atoms with E-state index in [1.54, 1.807) is 0 Å². The Bertz CT molecular complexity index is 579. The fourth-order valence-corrected chi connectivity index (χ4v) is 3.15. The molecule has 0 saturated carbocycles. The second-order valence-corrected chi connectivity index (χ2v) is 5.90. The summed E-state index contributed by atoms with van der Waals surface area (Å²) in [6.45, 7) is 4.50. The number of para-hydroxylation sites is 1. The molecule has 2 unspecified atom stereocenters. The highest BCUT2D eigenvalue weighted by Crippen LogP contribution is 2.25. The van der Waals surface area contributed by atoms with Gasteiger partial charge in [0.25, 0.3) is 0 Å². The van der Waals surface area contributed by atoms with Gasteiger partial charge in [-0.25, -0.2) is 0 Å². The number of pyridine rings is 1. The van der Waals surface area contributed by atoms with Gasteiger partial charge in [-0.1, -0.05) is 24.3 Å². The van der Waals surface area contributed by atoms with Crippen LogP contribution < -0.4 is 0 Å². The Morgan fingerprint density at radius 3 is 2.95 bits per heavy atom. The summed E-state index contributed by atoms with van der Waals surface area (Å²) in [5.74, 6) is 0.425. The lowest BCUT2D eigenvalue weighted by atomic mass is 9.93. The van der Waals surface area contributed by atoms with Gasteiger partial charge in [-0.3, -0.25) is 9.88 Å². The Morgan fingerprint density at radius 1 is 1.25 bits per heavy atom. The smallest absolute Gasteiger partial charge is 0.0746 e. The van der Waals surface area contributed by atoms with Crippen molar-refractivity contribution in [2.24, 2.45) is 5.92 Å². The number of benzene rings is 1. The van der Waals surface area contributed by atoms with Crippen LogP contribution in [-0.2, 0) is 6.54 Å². The highest BCUT2D eigenvalue weighted by Gasteiger charge is 2.25. The lowest BCUT2D eigenvalue weighted by Crippen LogP contribution is -2.42. The monoisotopic (exact) mass is 270 g/mol. The maximum Gasteiger partial charge on any atom is 0.0746 e. The Morgan fingerprint density at radius 2 is 2.10 bits per heavy atom. The first-order valence-corrected chi connectivity index (χ1v) is 7.45. The van der Waals surface area contributed by atoms with Crippen LogP contribution in [0.5, 0.6) is 0 Å². The van der Waals surface area contributed by atoms with E-state index in [1.165, 1.54) is 17.4 Å². The summed E-state index contributed by atoms with van der Waals surface area (Å²) in [6.07, 6.45) is 4.17. The van der Waals surface area contributed by atoms with Crippen LogP contribution in [0, 0.1) is 5.92 Å². The van der Waals surface area contributed by atoms with E-state index in [0.717, 1.165) is 25.0 Å². The first-order chi connectivity index (χ1) is 9.78. The van der Waals surface area contributed by atoms with Gasteiger partial charge in [0.2, 0.25) is 0 Å². The SMILES string of the molecule is CC1CCC(CO)CN1Cc1cccc2cccnc12. The van der Waals surface area contributed by atoms with Crippen LogP contribution in [-0.4, -0.2) is 34.2 Å². The second kappa shape index (κ2) is 5.90. The molecule has 1 saturated heterocycles. The topological polar surface area (TPSA) is 36.4 Å². The Hall–Kier alpha value is -1.45. The van der Waals surface area contributed by atoms with Gasteiger partial charge in [0.05, 0.1) is 5.52 Å². The lowest BCUT2D eigenvalue weighted by molar-refractivity contribution is 0.0774. The number of fused-ring (bicyclic) bond motifs is 1. The van der Waals surface area contributed by atoms with Gasteiger partial charge in [0, 0.05) is 37.3 Å². The molecule has 2 aromatic rings. The van der Waals surface area contributed by atoms with Crippen LogP contribution in [0.4, 0.5) is 0 Å². The van der Waals surface area contributed by atoms with Crippen LogP contribution in [0.25, 0.3) is 10.9 Å². The summed E-state index contributed by atoms with van der Waals surface area (Å²) in [5.41, 5.74) is 2.39. The van der Waals surface area contributed by atoms with Gasteiger partial charge in [-0.15, -0.1) is 0 Å². The molecule has 0 bridgehead atoms. The molecule has 0 radical (unpaired) electrons. The number of hydrogen-bond donors (Lipinski definition) is 1. The minimum Gasteiger partial charge on any atom is -0.396 e. The molecule has 2 heterocycles. The van der Waals surface area contributed by atoms with Crippen LogP contribution in [0.2, 0.25) is 0 Å². The summed E-state index contributed by atoms with van der Waals surface area (Å²) in [4.78, 5) is 7.01. The molecule has 20 heavy (non-hydrogen) atoms. The standard InChI is InChI=1S/C17H22N2O/c1-13-7-8-14(12-20)10-19(13)11-16-5-2-4-15-6-3-9-18-17(15)16/h2-6,9,13-14,20H,7-8,10-12H2,1H3. The van der Waals surface area contributed by atoms with Crippen molar-refractivity contribution >= 4 is 10.9 Å². The van der Waals surface area contributed by atoms with Crippen molar-refractivity contribution in [3.05, 3.63) is 42.1 Å². The van der Waals surface area contributed by atoms with E-state index >= 15 is 0 Å². The van der Waals surface area contributed by atoms with Gasteiger partial charge in [-0.2, -0.15) is 0 Å². The molecule has 3 nitrogen and oxygen atoms in total. The number of rotatable bonds is 3. The van der Waals surface area contributed by atoms with Crippen molar-refractivity contribution in [3.63, 3.8) is 0 Å². The molecule has 1 aliphatic rings. The number of aromatic nitrogens is 1. The van der Waals surface area contributed by atoms with Gasteiger partial charge in [0.15, 0.2) is 0 Å². The van der Waals surface area contributed by atoms with Crippen molar-refractivity contribution in [1.82, 2.24) is 9.88 Å². The molecule has 1 aliphatic heterocycles. The predicted octanol–water partition coefficient (Wildman–Crippen LogP) is 2.83. The molecule has 1 N–H and O–H groups in total. The minimum atomic E-state index is 0.303. The summed E-state index contributed by atoms with van der Waals surface area (Å²) in [5, 5.41) is 10.6. The molecular weight excluding hydrogens is 248 g/mol. The zero-order chi connectivity index (χ0) is 13.9. The molecule has 2 atom stereocenters. The molecule has 0 aliphatic carbocycles. The van der Waals surface area contributed by atoms with Crippen LogP contribution in [0.3, 0.4) is 0 Å². The quantitative estimate of drug-likeness (QED) is 0.931. The minimum absolute atomic E-state index is 0.303. The van der Waals surface area contributed by atoms with Gasteiger partial charge in [0.1, 0.15) is 0 Å². The van der Waals surface area contributed by atoms with E-state index in [-0.39, 0.29) is 0 Å². The number of hydrogen-bond acceptors (Lipinski definition) is 3. The fourth-order valence-electron chi connectivity index (χ4n) is 3.15. The van der Waals surface area contributed by atoms with E-state index in [9.17, 15) is 5.11 Å². The Kier molecular flexibility index (Phi) is 3.99. The Labute approximate surface area is 120 Å². The van der Waals surface area contributed by atoms with Crippen molar-refractivity contribution in [3.8, 4) is 0 Å². The molecule has 0 spiro atoms. The number of nitrogens with zero attached hydrogens (tertiary/aromatic N) is 2. The third kappa shape index (κ3) is 2.69. The van der Waals surface area contributed by atoms with Crippen molar-refractivity contribution < 1.29 is 5.11 Å². The van der Waals surface area contributed by atoms with E-state index in [1.807, 2.05) is 12.3 Å². The van der Waals surface area contributed by atoms with Crippen molar-refractivity contribution in [2.75, 3.05) is 13.2 Å². The lowest BCUT2D eigenvalue weighted by Gasteiger charge is -2.37. The molecule has 3 heteroatoms. The summed E-state index contributed by atoms with van der Waals surface area (Å²) in [7, 11) is 0. The van der Waals surface area contributed by atoms with Gasteiger partial charge < -0.3 is 5.11 Å². The van der Waals surface area contributed by atoms with Crippen LogP contribution in [0.15, 0.2) is 36.5 Å². The number of aliphatic hydroxyl groups excluding tert-OH is 1. The van der Waals surface area contributed by atoms with Gasteiger partial charge in [-0.05, 0) is 37.3 Å². The summed E-state index contributed by atoms with van der Waals surface area (Å²) < 4.78 is 0. The molecule has 1 aromatic heterocycles. The number of aliphatic hydroxyl groups is 1. The van der Waals surface area contributed by atoms with Crippen molar-refractivity contribution in [1.29, 1.82) is 0 Å². The highest BCUT2D eigenvalue weighted by atomic mass is 16.3. The first-order valence-electron chi connectivity index (χ1n) is 7.45. The largest absolute Gasteiger partial charge is 0.396 e. The maximum atomic E-state index is 9.39. The highest BCUT2D eigenvalue weighted by molar-refractivity contribution is 5.81. The van der Waals surface area contributed by atoms with Crippen LogP contribution >= 0.6 is 0 Å². The molecule has 106 valence electrons. The van der Waals surface area contributed by atoms with E-state index in [4.69, 9.17) is 0 Å². The number of piperidine rings is 1. The van der Waals surface area contributed by atoms with E-state index < -0.39 is 0 Å². The third-order valence-corrected chi connectivity index (χ3v) is 4.46. The average Bonchev–Trinajstić information content (AvgIpc) is 2.50. The molecular formula is C17H22N2O. The maximum absolute atomic E-state index is 9.39. The molecule has 1 aromatic carbocycles. The summed E-state index contributed by atoms with van der Waals surface area (Å²) >= 11 is 0. The average molecular weight is 270 g/mol. The van der Waals surface area contributed by atoms with E-state index in [0.29, 0.717) is 18.6 Å². The fraction of sp³-hybridized carbons (Fsp3) is 0.471. The zero-order valence-electron chi connectivity index (χ0n) is 12.0. The first kappa shape index (κ1) is 13.5. The number of likely N-dealkylation sites (tertiary alicyclic amines) is 1. The Balaban J connectivity index is 1.85. The zero-order valence-corrected chi connectivity index (χ0v) is 12.0. The molecule has 0 amide bonds. The predicted molar refractivity (Wildman–Crippen MR) is 81.4 cm³/mol. The van der Waals surface area contributed by atoms with Crippen molar-refractivity contribution in [2.45, 2.75) is 32.4 Å². The van der Waals surface area contributed by atoms with Gasteiger partial charge >= 0.3 is 0 Å². The van der Waals surface area contributed by atoms with E-state index in [2.05, 4.69) is 41.1 Å². The summed E-state index contributed by atoms with van der Waals surface area (Å²) in [6, 6.07) is 11.1. The molecule has 3 rings (SSSR count). The second-order valence-electron chi connectivity index (χ2n) is 5.90. The third-order valence-electron chi connectivity index (χ3n) is 4.46.